The second-order valence-electron chi connectivity index (χ2n) is 20.3. The number of carbonyl (C=O) groups is 2. The zero-order valence-electron chi connectivity index (χ0n) is 32.4. The lowest BCUT2D eigenvalue weighted by Crippen LogP contribution is -2.57. The van der Waals surface area contributed by atoms with Crippen molar-refractivity contribution in [1.82, 2.24) is 0 Å². The molecule has 0 heterocycles. The van der Waals surface area contributed by atoms with Gasteiger partial charge in [-0.05, 0) is 134 Å². The van der Waals surface area contributed by atoms with Gasteiger partial charge in [-0.1, -0.05) is 117 Å². The summed E-state index contributed by atoms with van der Waals surface area (Å²) in [4.78, 5) is 29.5. The number of Topliss-reactive ketones (excluding diaryl/α,β-unsaturated/α-hetero) is 2. The highest BCUT2D eigenvalue weighted by Crippen LogP contribution is 2.67. The molecule has 48 heavy (non-hydrogen) atoms. The van der Waals surface area contributed by atoms with Crippen LogP contribution in [0.25, 0.3) is 0 Å². The van der Waals surface area contributed by atoms with Crippen LogP contribution < -0.4 is 0 Å². The summed E-state index contributed by atoms with van der Waals surface area (Å²) >= 11 is 0. The molecule has 0 saturated heterocycles. The maximum absolute atomic E-state index is 15.1. The van der Waals surface area contributed by atoms with Crippen LogP contribution in [0, 0.1) is 93.7 Å². The van der Waals surface area contributed by atoms with Crippen molar-refractivity contribution >= 4 is 11.6 Å². The summed E-state index contributed by atoms with van der Waals surface area (Å²) in [7, 11) is 0. The average molecular weight is 657 g/mol. The summed E-state index contributed by atoms with van der Waals surface area (Å²) in [5, 5.41) is 0. The molecule has 5 saturated carbocycles. The van der Waals surface area contributed by atoms with E-state index in [4.69, 9.17) is 0 Å². The fraction of sp³-hybridized carbons (Fsp3) is 0.870. The molecule has 0 aromatic carbocycles. The topological polar surface area (TPSA) is 34.1 Å². The summed E-state index contributed by atoms with van der Waals surface area (Å²) in [6, 6.07) is 0. The van der Waals surface area contributed by atoms with E-state index in [2.05, 4.69) is 67.5 Å². The quantitative estimate of drug-likeness (QED) is 0.219. The van der Waals surface area contributed by atoms with Gasteiger partial charge in [0, 0.05) is 23.7 Å². The van der Waals surface area contributed by atoms with Gasteiger partial charge in [-0.3, -0.25) is 9.59 Å². The van der Waals surface area contributed by atoms with E-state index in [1.807, 2.05) is 0 Å². The van der Waals surface area contributed by atoms with Crippen LogP contribution in [0.1, 0.15) is 158 Å². The van der Waals surface area contributed by atoms with Crippen molar-refractivity contribution in [1.29, 1.82) is 0 Å². The van der Waals surface area contributed by atoms with Gasteiger partial charge in [-0.2, -0.15) is 0 Å². The number of allylic oxidation sites excluding steroid dienone is 4. The molecule has 2 unspecified atom stereocenters. The summed E-state index contributed by atoms with van der Waals surface area (Å²) < 4.78 is 0. The van der Waals surface area contributed by atoms with Crippen molar-refractivity contribution in [2.24, 2.45) is 93.7 Å². The molecule has 7 rings (SSSR count). The fourth-order valence-corrected chi connectivity index (χ4v) is 14.7. The van der Waals surface area contributed by atoms with Gasteiger partial charge in [-0.15, -0.1) is 0 Å². The molecule has 0 aliphatic heterocycles. The van der Waals surface area contributed by atoms with Gasteiger partial charge in [0.2, 0.25) is 0 Å². The van der Waals surface area contributed by atoms with Gasteiger partial charge in [0.25, 0.3) is 0 Å². The van der Waals surface area contributed by atoms with E-state index < -0.39 is 0 Å². The van der Waals surface area contributed by atoms with Crippen LogP contribution in [0.5, 0.6) is 0 Å². The zero-order valence-corrected chi connectivity index (χ0v) is 32.4. The van der Waals surface area contributed by atoms with Gasteiger partial charge in [-0.25, -0.2) is 0 Å². The minimum Gasteiger partial charge on any atom is -0.299 e. The Morgan fingerprint density at radius 3 is 1.38 bits per heavy atom. The summed E-state index contributed by atoms with van der Waals surface area (Å²) in [6.07, 6.45) is 25.0. The lowest BCUT2D eigenvalue weighted by atomic mass is 9.46. The monoisotopic (exact) mass is 657 g/mol. The molecular weight excluding hydrogens is 585 g/mol. The van der Waals surface area contributed by atoms with Crippen molar-refractivity contribution in [3.63, 3.8) is 0 Å². The Kier molecular flexibility index (Phi) is 9.85. The Morgan fingerprint density at radius 2 is 0.979 bits per heavy atom. The smallest absolute Gasteiger partial charge is 0.141 e. The van der Waals surface area contributed by atoms with E-state index in [-0.39, 0.29) is 23.7 Å². The number of ketones is 2. The lowest BCUT2D eigenvalue weighted by molar-refractivity contribution is -0.153. The summed E-state index contributed by atoms with van der Waals surface area (Å²) in [5.41, 5.74) is 4.01. The molecule has 0 spiro atoms. The third-order valence-electron chi connectivity index (χ3n) is 17.1. The first-order chi connectivity index (χ1) is 22.9. The minimum absolute atomic E-state index is 0.0317. The van der Waals surface area contributed by atoms with Gasteiger partial charge >= 0.3 is 0 Å². The van der Waals surface area contributed by atoms with Crippen molar-refractivity contribution in [2.75, 3.05) is 0 Å². The molecule has 0 amide bonds. The standard InChI is InChI=1S/C46H72O2/c1-27(2)11-9-13-29(5)37-19-21-39-31-15-17-35-41(33(31)23-25-45(37,39)7)44(48)42-34-24-26-46(8)38(30(6)14-10-12-28(3)4)20-22-40(46)32(34)16-18-36(42)43(35)47/h15-16,27-30,33-42H,9-14,17-26H2,1-8H3/t29-,30-,33-,34-,35+,36+,37-,38-,39?,40?,41-,42-,45-,46-/m1/s1. The van der Waals surface area contributed by atoms with E-state index >= 15 is 4.79 Å². The van der Waals surface area contributed by atoms with E-state index in [0.29, 0.717) is 46.1 Å². The first kappa shape index (κ1) is 35.2. The molecule has 268 valence electrons. The third-order valence-corrected chi connectivity index (χ3v) is 17.1. The third kappa shape index (κ3) is 5.71. The number of fused-ring (bicyclic) bond motifs is 10. The molecule has 2 heteroatoms. The number of carbonyl (C=O) groups excluding carboxylic acids is 2. The van der Waals surface area contributed by atoms with Crippen molar-refractivity contribution in [2.45, 2.75) is 158 Å². The molecule has 5 fully saturated rings. The molecule has 2 nitrogen and oxygen atoms in total. The molecule has 0 N–H and O–H groups in total. The van der Waals surface area contributed by atoms with E-state index in [1.54, 1.807) is 11.1 Å². The van der Waals surface area contributed by atoms with Crippen LogP contribution >= 0.6 is 0 Å². The van der Waals surface area contributed by atoms with Crippen LogP contribution in [0.4, 0.5) is 0 Å². The van der Waals surface area contributed by atoms with Crippen molar-refractivity contribution in [3.8, 4) is 0 Å². The molecule has 0 aromatic rings. The van der Waals surface area contributed by atoms with Crippen molar-refractivity contribution < 1.29 is 9.59 Å². The largest absolute Gasteiger partial charge is 0.299 e. The number of hydrogen-bond acceptors (Lipinski definition) is 2. The van der Waals surface area contributed by atoms with Crippen LogP contribution in [0.2, 0.25) is 0 Å². The Bertz CT molecular complexity index is 1190. The van der Waals surface area contributed by atoms with Gasteiger partial charge < -0.3 is 0 Å². The maximum Gasteiger partial charge on any atom is 0.141 e. The Labute approximate surface area is 295 Å². The van der Waals surface area contributed by atoms with Gasteiger partial charge in [0.1, 0.15) is 11.6 Å². The Balaban J connectivity index is 1.08. The second kappa shape index (κ2) is 13.4. The number of rotatable bonds is 10. The second-order valence-corrected chi connectivity index (χ2v) is 20.3. The fourth-order valence-electron chi connectivity index (χ4n) is 14.7. The first-order valence-electron chi connectivity index (χ1n) is 21.3. The highest BCUT2D eigenvalue weighted by molar-refractivity contribution is 6.01. The Morgan fingerprint density at radius 1 is 0.562 bits per heavy atom. The van der Waals surface area contributed by atoms with E-state index in [9.17, 15) is 4.79 Å². The average Bonchev–Trinajstić information content (AvgIpc) is 3.59. The highest BCUT2D eigenvalue weighted by Gasteiger charge is 2.63. The molecule has 0 aromatic heterocycles. The van der Waals surface area contributed by atoms with Crippen LogP contribution in [0.15, 0.2) is 23.3 Å². The van der Waals surface area contributed by atoms with Crippen molar-refractivity contribution in [3.05, 3.63) is 23.3 Å². The highest BCUT2D eigenvalue weighted by atomic mass is 16.1. The SMILES string of the molecule is CC(C)CCC[C@@H](C)[C@H]1CCC2C3=CC[C@@H]4C(=O)[C@H]5CC=C6C7CC[C@H]([C@H](C)CCCC(C)C)[C@@]7(C)CC[C@H]6[C@H]5C(=O)[C@@H]4[C@@H]3CC[C@@]21C. The normalized spacial score (nSPS) is 44.6. The minimum atomic E-state index is -0.0460. The van der Waals surface area contributed by atoms with Crippen LogP contribution in [-0.2, 0) is 9.59 Å². The van der Waals surface area contributed by atoms with Gasteiger partial charge in [0.15, 0.2) is 0 Å². The summed E-state index contributed by atoms with van der Waals surface area (Å²) in [5.74, 6) is 7.56. The molecule has 0 radical (unpaired) electrons. The van der Waals surface area contributed by atoms with E-state index in [0.717, 1.165) is 61.2 Å². The molecule has 7 aliphatic carbocycles. The van der Waals surface area contributed by atoms with Crippen LogP contribution in [-0.4, -0.2) is 11.6 Å². The first-order valence-corrected chi connectivity index (χ1v) is 21.3. The van der Waals surface area contributed by atoms with E-state index in [1.165, 1.54) is 77.0 Å². The Hall–Kier alpha value is -1.18. The zero-order chi connectivity index (χ0) is 34.1. The lowest BCUT2D eigenvalue weighted by Gasteiger charge is -2.56. The van der Waals surface area contributed by atoms with Gasteiger partial charge in [0.05, 0.1) is 0 Å². The maximum atomic E-state index is 15.1. The predicted molar refractivity (Wildman–Crippen MR) is 199 cm³/mol. The molecular formula is C46H72O2. The molecule has 14 atom stereocenters. The van der Waals surface area contributed by atoms with Crippen LogP contribution in [0.3, 0.4) is 0 Å². The summed E-state index contributed by atoms with van der Waals surface area (Å²) in [6.45, 7) is 19.8. The predicted octanol–water partition coefficient (Wildman–Crippen LogP) is 12.1. The molecule has 7 aliphatic rings. The number of hydrogen-bond donors (Lipinski definition) is 0. The molecule has 0 bridgehead atoms.